The molecule has 2 aromatic rings. The highest BCUT2D eigenvalue weighted by Crippen LogP contribution is 2.44. The number of amides is 1. The Morgan fingerprint density at radius 1 is 1.11 bits per heavy atom. The number of carbonyl (C=O) groups excluding carboxylic acids is 2. The Balaban J connectivity index is 1.37. The summed E-state index contributed by atoms with van der Waals surface area (Å²) in [6, 6.07) is 6.97. The lowest BCUT2D eigenvalue weighted by Gasteiger charge is -2.33. The molecule has 8 heteroatoms. The van der Waals surface area contributed by atoms with Gasteiger partial charge in [0, 0.05) is 17.0 Å². The zero-order valence-electron chi connectivity index (χ0n) is 21.7. The van der Waals surface area contributed by atoms with Gasteiger partial charge in [-0.3, -0.25) is 4.79 Å². The third-order valence-corrected chi connectivity index (χ3v) is 8.19. The molecule has 1 aliphatic carbocycles. The Kier molecular flexibility index (Phi) is 8.70. The van der Waals surface area contributed by atoms with Crippen LogP contribution in [0, 0.1) is 11.3 Å². The normalized spacial score (nSPS) is 19.9. The van der Waals surface area contributed by atoms with Crippen LogP contribution in [-0.2, 0) is 27.1 Å². The van der Waals surface area contributed by atoms with Crippen molar-refractivity contribution in [3.8, 4) is 5.75 Å². The number of carbonyl (C=O) groups is 2. The van der Waals surface area contributed by atoms with Crippen LogP contribution in [0.3, 0.4) is 0 Å². The molecule has 1 aromatic carbocycles. The number of esters is 1. The molecule has 1 saturated heterocycles. The molecule has 4 rings (SSSR count). The van der Waals surface area contributed by atoms with E-state index in [0.29, 0.717) is 41.0 Å². The molecule has 1 fully saturated rings. The van der Waals surface area contributed by atoms with Gasteiger partial charge in [0.15, 0.2) is 6.29 Å². The monoisotopic (exact) mass is 515 g/mol. The van der Waals surface area contributed by atoms with E-state index >= 15 is 0 Å². The quantitative estimate of drug-likeness (QED) is 0.350. The maximum absolute atomic E-state index is 13.0. The summed E-state index contributed by atoms with van der Waals surface area (Å²) in [7, 11) is 1.38. The van der Waals surface area contributed by atoms with Crippen LogP contribution < -0.4 is 10.1 Å². The SMILES string of the molecule is COC(=O)c1c(NC(=O)c2ccc(OCCOC3CCCCO3)cc2)sc2c1CCC(C(C)(C)C)C2. The molecule has 0 bridgehead atoms. The lowest BCUT2D eigenvalue weighted by atomic mass is 9.72. The Labute approximate surface area is 217 Å². The molecule has 1 aliphatic heterocycles. The molecule has 1 amide bonds. The van der Waals surface area contributed by atoms with Gasteiger partial charge >= 0.3 is 5.97 Å². The molecule has 1 N–H and O–H groups in total. The van der Waals surface area contributed by atoms with Gasteiger partial charge < -0.3 is 24.3 Å². The first-order valence-electron chi connectivity index (χ1n) is 12.8. The maximum Gasteiger partial charge on any atom is 0.341 e. The summed E-state index contributed by atoms with van der Waals surface area (Å²) in [6.07, 6.45) is 5.75. The first kappa shape index (κ1) is 26.6. The van der Waals surface area contributed by atoms with Crippen LogP contribution in [-0.4, -0.2) is 45.1 Å². The average Bonchev–Trinajstić information content (AvgIpc) is 3.23. The van der Waals surface area contributed by atoms with Crippen LogP contribution >= 0.6 is 11.3 Å². The smallest absolute Gasteiger partial charge is 0.341 e. The topological polar surface area (TPSA) is 83.1 Å². The molecule has 196 valence electrons. The number of fused-ring (bicyclic) bond motifs is 1. The van der Waals surface area contributed by atoms with E-state index in [4.69, 9.17) is 18.9 Å². The fraction of sp³-hybridized carbons (Fsp3) is 0.571. The van der Waals surface area contributed by atoms with Gasteiger partial charge in [0.2, 0.25) is 0 Å². The van der Waals surface area contributed by atoms with Crippen molar-refractivity contribution < 1.29 is 28.5 Å². The molecule has 2 atom stereocenters. The van der Waals surface area contributed by atoms with Crippen molar-refractivity contribution in [3.05, 3.63) is 45.8 Å². The molecule has 2 heterocycles. The summed E-state index contributed by atoms with van der Waals surface area (Å²) in [6.45, 7) is 8.37. The number of hydrogen-bond acceptors (Lipinski definition) is 7. The lowest BCUT2D eigenvalue weighted by molar-refractivity contribution is -0.165. The minimum Gasteiger partial charge on any atom is -0.491 e. The lowest BCUT2D eigenvalue weighted by Crippen LogP contribution is -2.26. The molecule has 0 spiro atoms. The van der Waals surface area contributed by atoms with E-state index in [1.807, 2.05) is 0 Å². The number of nitrogens with one attached hydrogen (secondary N) is 1. The van der Waals surface area contributed by atoms with Crippen molar-refractivity contribution in [2.75, 3.05) is 32.2 Å². The first-order valence-corrected chi connectivity index (χ1v) is 13.6. The summed E-state index contributed by atoms with van der Waals surface area (Å²) in [4.78, 5) is 26.8. The van der Waals surface area contributed by atoms with E-state index in [-0.39, 0.29) is 17.6 Å². The number of ether oxygens (including phenoxy) is 4. The van der Waals surface area contributed by atoms with E-state index in [1.165, 1.54) is 23.3 Å². The van der Waals surface area contributed by atoms with Gasteiger partial charge in [0.1, 0.15) is 17.4 Å². The number of rotatable bonds is 8. The fourth-order valence-electron chi connectivity index (χ4n) is 4.79. The third-order valence-electron chi connectivity index (χ3n) is 7.02. The zero-order valence-corrected chi connectivity index (χ0v) is 22.5. The van der Waals surface area contributed by atoms with E-state index in [1.54, 1.807) is 24.3 Å². The van der Waals surface area contributed by atoms with Crippen LogP contribution in [0.5, 0.6) is 5.75 Å². The van der Waals surface area contributed by atoms with Gasteiger partial charge in [-0.05, 0) is 79.7 Å². The number of thiophene rings is 1. The first-order chi connectivity index (χ1) is 17.3. The van der Waals surface area contributed by atoms with Gasteiger partial charge in [-0.1, -0.05) is 20.8 Å². The molecule has 0 saturated carbocycles. The largest absolute Gasteiger partial charge is 0.491 e. The third kappa shape index (κ3) is 6.47. The molecule has 1 aromatic heterocycles. The summed E-state index contributed by atoms with van der Waals surface area (Å²) in [5, 5.41) is 3.53. The van der Waals surface area contributed by atoms with Crippen molar-refractivity contribution in [3.63, 3.8) is 0 Å². The number of anilines is 1. The van der Waals surface area contributed by atoms with Crippen molar-refractivity contribution in [1.82, 2.24) is 0 Å². The summed E-state index contributed by atoms with van der Waals surface area (Å²) < 4.78 is 22.0. The molecule has 36 heavy (non-hydrogen) atoms. The predicted octanol–water partition coefficient (Wildman–Crippen LogP) is 5.86. The Hall–Kier alpha value is -2.42. The van der Waals surface area contributed by atoms with Crippen molar-refractivity contribution in [2.24, 2.45) is 11.3 Å². The van der Waals surface area contributed by atoms with E-state index in [2.05, 4.69) is 26.1 Å². The van der Waals surface area contributed by atoms with Crippen LogP contribution in [0.1, 0.15) is 77.6 Å². The molecule has 2 unspecified atom stereocenters. The van der Waals surface area contributed by atoms with Crippen molar-refractivity contribution in [2.45, 2.75) is 65.6 Å². The molecule has 0 radical (unpaired) electrons. The second kappa shape index (κ2) is 11.8. The van der Waals surface area contributed by atoms with Gasteiger partial charge in [-0.15, -0.1) is 11.3 Å². The van der Waals surface area contributed by atoms with Crippen LogP contribution in [0.15, 0.2) is 24.3 Å². The van der Waals surface area contributed by atoms with Crippen LogP contribution in [0.25, 0.3) is 0 Å². The highest BCUT2D eigenvalue weighted by molar-refractivity contribution is 7.17. The van der Waals surface area contributed by atoms with Crippen LogP contribution in [0.4, 0.5) is 5.00 Å². The van der Waals surface area contributed by atoms with E-state index < -0.39 is 5.97 Å². The minimum absolute atomic E-state index is 0.134. The van der Waals surface area contributed by atoms with Gasteiger partial charge in [0.05, 0.1) is 19.3 Å². The Morgan fingerprint density at radius 2 is 1.89 bits per heavy atom. The Morgan fingerprint density at radius 3 is 2.56 bits per heavy atom. The second-order valence-electron chi connectivity index (χ2n) is 10.5. The van der Waals surface area contributed by atoms with Gasteiger partial charge in [0.25, 0.3) is 5.91 Å². The average molecular weight is 516 g/mol. The van der Waals surface area contributed by atoms with Gasteiger partial charge in [-0.25, -0.2) is 4.79 Å². The molecular weight excluding hydrogens is 478 g/mol. The van der Waals surface area contributed by atoms with Crippen LogP contribution in [0.2, 0.25) is 0 Å². The van der Waals surface area contributed by atoms with Crippen molar-refractivity contribution in [1.29, 1.82) is 0 Å². The highest BCUT2D eigenvalue weighted by Gasteiger charge is 2.34. The molecule has 7 nitrogen and oxygen atoms in total. The molecular formula is C28H37NO6S. The number of methoxy groups -OCH3 is 1. The maximum atomic E-state index is 13.0. The second-order valence-corrected chi connectivity index (χ2v) is 11.6. The van der Waals surface area contributed by atoms with Gasteiger partial charge in [-0.2, -0.15) is 0 Å². The summed E-state index contributed by atoms with van der Waals surface area (Å²) >= 11 is 1.50. The zero-order chi connectivity index (χ0) is 25.7. The predicted molar refractivity (Wildman–Crippen MR) is 140 cm³/mol. The standard InChI is InChI=1S/C28H37NO6S/c1-28(2,3)19-10-13-21-22(17-19)36-26(24(21)27(31)32-4)29-25(30)18-8-11-20(12-9-18)33-15-16-35-23-7-5-6-14-34-23/h8-9,11-12,19,23H,5-7,10,13-17H2,1-4H3,(H,29,30). The Bertz CT molecular complexity index is 1050. The highest BCUT2D eigenvalue weighted by atomic mass is 32.1. The van der Waals surface area contributed by atoms with E-state index in [9.17, 15) is 9.59 Å². The summed E-state index contributed by atoms with van der Waals surface area (Å²) in [5.41, 5.74) is 2.20. The number of benzene rings is 1. The fourth-order valence-corrected chi connectivity index (χ4v) is 6.10. The minimum atomic E-state index is -0.401. The summed E-state index contributed by atoms with van der Waals surface area (Å²) in [5.74, 6) is 0.526. The van der Waals surface area contributed by atoms with Crippen molar-refractivity contribution >= 4 is 28.2 Å². The molecule has 2 aliphatic rings. The van der Waals surface area contributed by atoms with E-state index in [0.717, 1.165) is 50.7 Å². The number of hydrogen-bond donors (Lipinski definition) is 1.